The molecule has 3 atom stereocenters. The summed E-state index contributed by atoms with van der Waals surface area (Å²) in [6, 6.07) is 4.58. The summed E-state index contributed by atoms with van der Waals surface area (Å²) < 4.78 is 5.19. The number of amides is 3. The number of aromatic hydroxyl groups is 1. The van der Waals surface area contributed by atoms with Gasteiger partial charge in [-0.05, 0) is 36.3 Å². The fourth-order valence-corrected chi connectivity index (χ4v) is 4.37. The zero-order valence-electron chi connectivity index (χ0n) is 16.5. The Kier molecular flexibility index (Phi) is 6.11. The van der Waals surface area contributed by atoms with Crippen LogP contribution in [0.4, 0.5) is 10.5 Å². The van der Waals surface area contributed by atoms with Crippen molar-refractivity contribution in [2.75, 3.05) is 18.5 Å². The topological polar surface area (TPSA) is 139 Å². The number of anilines is 1. The van der Waals surface area contributed by atoms with E-state index >= 15 is 0 Å². The predicted molar refractivity (Wildman–Crippen MR) is 95.0 cm³/mol. The van der Waals surface area contributed by atoms with Gasteiger partial charge in [0.15, 0.2) is 0 Å². The molecular weight excluding hydrogens is 405 g/mol. The molecule has 2 saturated heterocycles. The van der Waals surface area contributed by atoms with Gasteiger partial charge in [-0.25, -0.2) is 4.79 Å². The zero-order valence-corrected chi connectivity index (χ0v) is 18.5. The number of hydrogen-bond donors (Lipinski definition) is 2. The fourth-order valence-electron chi connectivity index (χ4n) is 4.37. The third kappa shape index (κ3) is 3.55. The second kappa shape index (κ2) is 8.29. The van der Waals surface area contributed by atoms with Crippen molar-refractivity contribution < 1.29 is 63.7 Å². The van der Waals surface area contributed by atoms with Crippen LogP contribution in [0.1, 0.15) is 13.3 Å². The molecule has 3 aliphatic heterocycles. The van der Waals surface area contributed by atoms with Crippen LogP contribution in [0.2, 0.25) is 0 Å². The summed E-state index contributed by atoms with van der Waals surface area (Å²) in [5.41, 5.74) is 0.432. The van der Waals surface area contributed by atoms with Crippen LogP contribution in [-0.2, 0) is 19.1 Å². The molecule has 1 aromatic rings. The first kappa shape index (κ1) is 22.1. The first-order valence-electron chi connectivity index (χ1n) is 9.07. The number of hydrogen-bond acceptors (Lipinski definition) is 7. The van der Waals surface area contributed by atoms with Crippen molar-refractivity contribution in [3.8, 4) is 5.75 Å². The van der Waals surface area contributed by atoms with E-state index < -0.39 is 30.1 Å². The molecule has 0 spiro atoms. The Bertz CT molecular complexity index is 946. The molecule has 2 fully saturated rings. The molecule has 0 bridgehead atoms. The molecule has 2 N–H and O–H groups in total. The summed E-state index contributed by atoms with van der Waals surface area (Å²) in [5.74, 6) is -2.49. The van der Waals surface area contributed by atoms with Gasteiger partial charge in [-0.3, -0.25) is 14.9 Å². The molecule has 3 aliphatic rings. The van der Waals surface area contributed by atoms with Crippen molar-refractivity contribution >= 4 is 29.6 Å². The van der Waals surface area contributed by atoms with Gasteiger partial charge < -0.3 is 29.5 Å². The average Bonchev–Trinajstić information content (AvgIpc) is 3.00. The molecule has 11 heteroatoms. The zero-order chi connectivity index (χ0) is 20.9. The van der Waals surface area contributed by atoms with E-state index in [1.807, 2.05) is 0 Å². The van der Waals surface area contributed by atoms with Gasteiger partial charge in [0, 0.05) is 25.1 Å². The van der Waals surface area contributed by atoms with Gasteiger partial charge in [-0.1, -0.05) is 0 Å². The summed E-state index contributed by atoms with van der Waals surface area (Å²) in [5, 5.41) is 23.4. The molecule has 0 aromatic heterocycles. The van der Waals surface area contributed by atoms with Crippen LogP contribution in [0.3, 0.4) is 0 Å². The minimum atomic E-state index is -1.52. The number of aliphatic carboxylic acids is 1. The largest absolute Gasteiger partial charge is 1.00 e. The molecule has 1 unspecified atom stereocenters. The first-order chi connectivity index (χ1) is 13.8. The SMILES string of the molecule is CC(=O)N1CCC2C(COC(=O)Nc3ccc(O)cc3)=C(C(=O)[O-])N3C(=O)[C@@H]1[C@@H]23.[Na+]. The van der Waals surface area contributed by atoms with Crippen molar-refractivity contribution in [1.29, 1.82) is 0 Å². The second-order valence-electron chi connectivity index (χ2n) is 7.16. The Balaban J connectivity index is 0.00000256. The Morgan fingerprint density at radius 1 is 1.27 bits per heavy atom. The van der Waals surface area contributed by atoms with Crippen molar-refractivity contribution in [3.63, 3.8) is 0 Å². The molecule has 4 rings (SSSR count). The number of carbonyl (C=O) groups is 4. The summed E-state index contributed by atoms with van der Waals surface area (Å²) in [6.45, 7) is 1.38. The standard InChI is InChI=1S/C19H19N3O7.Na/c1-9(23)21-7-6-12-13(15(18(26)27)22-14(12)16(21)17(22)25)8-29-19(28)20-10-2-4-11(24)5-3-10;/h2-5,12,14,16,24H,6-8H2,1H3,(H,20,28)(H,26,27);/q;+1/p-1/t12?,14-,16+;/m1./s1. The molecule has 10 nitrogen and oxygen atoms in total. The molecule has 152 valence electrons. The third-order valence-corrected chi connectivity index (χ3v) is 5.60. The summed E-state index contributed by atoms with van der Waals surface area (Å²) >= 11 is 0. The van der Waals surface area contributed by atoms with E-state index in [-0.39, 0.29) is 59.4 Å². The Hall–Kier alpha value is -2.56. The van der Waals surface area contributed by atoms with Gasteiger partial charge in [0.05, 0.1) is 17.7 Å². The van der Waals surface area contributed by atoms with Crippen molar-refractivity contribution in [1.82, 2.24) is 9.80 Å². The number of piperidine rings is 1. The van der Waals surface area contributed by atoms with Crippen LogP contribution >= 0.6 is 0 Å². The number of carboxylic acids is 1. The van der Waals surface area contributed by atoms with Crippen molar-refractivity contribution in [2.24, 2.45) is 5.92 Å². The summed E-state index contributed by atoms with van der Waals surface area (Å²) in [4.78, 5) is 50.7. The molecule has 0 saturated carbocycles. The Morgan fingerprint density at radius 2 is 1.93 bits per heavy atom. The minimum absolute atomic E-state index is 0. The Morgan fingerprint density at radius 3 is 2.53 bits per heavy atom. The molecule has 0 radical (unpaired) electrons. The van der Waals surface area contributed by atoms with Crippen LogP contribution in [-0.4, -0.2) is 64.0 Å². The van der Waals surface area contributed by atoms with Gasteiger partial charge in [0.1, 0.15) is 18.4 Å². The number of phenols is 1. The first-order valence-corrected chi connectivity index (χ1v) is 9.07. The average molecular weight is 423 g/mol. The van der Waals surface area contributed by atoms with Crippen LogP contribution in [0.25, 0.3) is 0 Å². The van der Waals surface area contributed by atoms with Gasteiger partial charge in [0.2, 0.25) is 5.91 Å². The molecule has 3 heterocycles. The molecule has 3 amide bonds. The predicted octanol–water partition coefficient (Wildman–Crippen LogP) is -3.59. The molecular formula is C19H18N3NaO7. The minimum Gasteiger partial charge on any atom is -0.543 e. The third-order valence-electron chi connectivity index (χ3n) is 5.60. The number of likely N-dealkylation sites (tertiary alicyclic amines) is 1. The van der Waals surface area contributed by atoms with E-state index in [9.17, 15) is 29.4 Å². The molecule has 1 aromatic carbocycles. The van der Waals surface area contributed by atoms with Crippen LogP contribution < -0.4 is 40.0 Å². The maximum Gasteiger partial charge on any atom is 1.00 e. The van der Waals surface area contributed by atoms with Gasteiger partial charge in [0.25, 0.3) is 5.91 Å². The van der Waals surface area contributed by atoms with Gasteiger partial charge >= 0.3 is 35.7 Å². The molecule has 30 heavy (non-hydrogen) atoms. The monoisotopic (exact) mass is 423 g/mol. The number of ether oxygens (including phenoxy) is 1. The molecule has 0 aliphatic carbocycles. The van der Waals surface area contributed by atoms with E-state index in [1.54, 1.807) is 0 Å². The number of rotatable bonds is 4. The number of nitrogens with one attached hydrogen (secondary N) is 1. The number of β-lactam (4-membered cyclic amide) rings is 1. The number of carboxylic acid groups (broad SMARTS) is 1. The van der Waals surface area contributed by atoms with E-state index in [4.69, 9.17) is 4.74 Å². The van der Waals surface area contributed by atoms with E-state index in [2.05, 4.69) is 5.32 Å². The Labute approximate surface area is 193 Å². The van der Waals surface area contributed by atoms with Crippen LogP contribution in [0.5, 0.6) is 5.75 Å². The van der Waals surface area contributed by atoms with Crippen LogP contribution in [0.15, 0.2) is 35.5 Å². The van der Waals surface area contributed by atoms with Gasteiger partial charge in [-0.2, -0.15) is 0 Å². The summed E-state index contributed by atoms with van der Waals surface area (Å²) in [7, 11) is 0. The van der Waals surface area contributed by atoms with E-state index in [0.29, 0.717) is 24.2 Å². The maximum absolute atomic E-state index is 12.5. The summed E-state index contributed by atoms with van der Waals surface area (Å²) in [6.07, 6.45) is -0.348. The smallest absolute Gasteiger partial charge is 0.543 e. The number of benzene rings is 1. The van der Waals surface area contributed by atoms with Crippen molar-refractivity contribution in [2.45, 2.75) is 25.4 Å². The second-order valence-corrected chi connectivity index (χ2v) is 7.16. The number of nitrogens with zero attached hydrogens (tertiary/aromatic N) is 2. The normalized spacial score (nSPS) is 23.9. The number of carbonyl (C=O) groups excluding carboxylic acids is 4. The quantitative estimate of drug-likeness (QED) is 0.290. The van der Waals surface area contributed by atoms with E-state index in [0.717, 1.165) is 4.90 Å². The maximum atomic E-state index is 12.5. The van der Waals surface area contributed by atoms with E-state index in [1.165, 1.54) is 36.1 Å². The number of phenolic OH excluding ortho intramolecular Hbond substituents is 1. The fraction of sp³-hybridized carbons (Fsp3) is 0.368. The van der Waals surface area contributed by atoms with Crippen molar-refractivity contribution in [3.05, 3.63) is 35.5 Å². The van der Waals surface area contributed by atoms with Crippen LogP contribution in [0, 0.1) is 5.92 Å². The van der Waals surface area contributed by atoms with Gasteiger partial charge in [-0.15, -0.1) is 0 Å².